The van der Waals surface area contributed by atoms with Crippen LogP contribution in [0.15, 0.2) is 30.3 Å². The molecule has 1 aliphatic carbocycles. The van der Waals surface area contributed by atoms with E-state index in [9.17, 15) is 0 Å². The molecule has 0 amide bonds. The first-order chi connectivity index (χ1) is 6.81. The van der Waals surface area contributed by atoms with Crippen LogP contribution in [0.3, 0.4) is 0 Å². The van der Waals surface area contributed by atoms with E-state index in [-0.39, 0.29) is 0 Å². The van der Waals surface area contributed by atoms with Gasteiger partial charge in [-0.1, -0.05) is 37.3 Å². The largest absolute Gasteiger partial charge is 0.162 e. The molecular weight excluding hydrogens is 188 g/mol. The van der Waals surface area contributed by atoms with Gasteiger partial charge in [0.15, 0.2) is 0 Å². The van der Waals surface area contributed by atoms with Crippen LogP contribution in [0.5, 0.6) is 0 Å². The molecule has 0 aromatic heterocycles. The topological polar surface area (TPSA) is 0 Å². The zero-order chi connectivity index (χ0) is 9.97. The minimum Gasteiger partial charge on any atom is -0.162 e. The van der Waals surface area contributed by atoms with E-state index in [4.69, 9.17) is 0 Å². The maximum absolute atomic E-state index is 2.39. The molecule has 0 fully saturated rings. The van der Waals surface area contributed by atoms with E-state index in [2.05, 4.69) is 43.5 Å². The molecule has 0 radical (unpaired) electrons. The lowest BCUT2D eigenvalue weighted by Crippen LogP contribution is -1.96. The van der Waals surface area contributed by atoms with Crippen LogP contribution in [0.1, 0.15) is 24.5 Å². The first-order valence-electron chi connectivity index (χ1n) is 5.11. The van der Waals surface area contributed by atoms with Crippen molar-refractivity contribution >= 4 is 17.3 Å². The maximum atomic E-state index is 2.39. The third kappa shape index (κ3) is 1.88. The number of benzene rings is 1. The summed E-state index contributed by atoms with van der Waals surface area (Å²) in [5.41, 5.74) is 4.52. The fourth-order valence-corrected chi connectivity index (χ4v) is 2.29. The van der Waals surface area contributed by atoms with Crippen molar-refractivity contribution < 1.29 is 0 Å². The first kappa shape index (κ1) is 9.85. The minimum absolute atomic E-state index is 0.729. The van der Waals surface area contributed by atoms with Crippen LogP contribution in [0, 0.1) is 0 Å². The van der Waals surface area contributed by atoms with Crippen molar-refractivity contribution in [2.75, 3.05) is 6.26 Å². The highest BCUT2D eigenvalue weighted by molar-refractivity contribution is 7.99. The zero-order valence-electron chi connectivity index (χ0n) is 8.79. The second kappa shape index (κ2) is 4.22. The van der Waals surface area contributed by atoms with Crippen molar-refractivity contribution in [2.24, 2.45) is 0 Å². The van der Waals surface area contributed by atoms with Crippen molar-refractivity contribution in [1.29, 1.82) is 0 Å². The molecule has 0 heterocycles. The lowest BCUT2D eigenvalue weighted by molar-refractivity contribution is 1.00. The summed E-state index contributed by atoms with van der Waals surface area (Å²) in [6.07, 6.45) is 6.91. The van der Waals surface area contributed by atoms with Gasteiger partial charge in [0.05, 0.1) is 0 Å². The standard InChI is InChI=1S/C13H16S/c1-10(14-2)9-12-8-7-11-5-3-4-6-13(11)12/h3-6,8,10H,7,9H2,1-2H3. The number of rotatable bonds is 3. The number of thioether (sulfide) groups is 1. The summed E-state index contributed by atoms with van der Waals surface area (Å²) in [5, 5.41) is 0.729. The van der Waals surface area contributed by atoms with Gasteiger partial charge in [-0.2, -0.15) is 11.8 Å². The molecule has 0 nitrogen and oxygen atoms in total. The van der Waals surface area contributed by atoms with E-state index in [0.29, 0.717) is 0 Å². The molecule has 74 valence electrons. The van der Waals surface area contributed by atoms with Crippen LogP contribution in [-0.2, 0) is 6.42 Å². The van der Waals surface area contributed by atoms with Crippen molar-refractivity contribution in [1.82, 2.24) is 0 Å². The Hall–Kier alpha value is -0.690. The molecule has 0 bridgehead atoms. The van der Waals surface area contributed by atoms with E-state index in [0.717, 1.165) is 11.7 Å². The minimum atomic E-state index is 0.729. The Morgan fingerprint density at radius 1 is 1.36 bits per heavy atom. The predicted molar refractivity (Wildman–Crippen MR) is 65.7 cm³/mol. The van der Waals surface area contributed by atoms with Gasteiger partial charge in [0.25, 0.3) is 0 Å². The summed E-state index contributed by atoms with van der Waals surface area (Å²) in [6, 6.07) is 8.76. The van der Waals surface area contributed by atoms with Crippen LogP contribution < -0.4 is 0 Å². The van der Waals surface area contributed by atoms with Crippen LogP contribution in [0.25, 0.3) is 5.57 Å². The highest BCUT2D eigenvalue weighted by Crippen LogP contribution is 2.32. The summed E-state index contributed by atoms with van der Waals surface area (Å²) < 4.78 is 0. The second-order valence-corrected chi connectivity index (χ2v) is 5.12. The Kier molecular flexibility index (Phi) is 2.97. The molecule has 0 saturated heterocycles. The van der Waals surface area contributed by atoms with Gasteiger partial charge in [-0.15, -0.1) is 0 Å². The summed E-state index contributed by atoms with van der Waals surface area (Å²) in [4.78, 5) is 0. The Balaban J connectivity index is 2.17. The Labute approximate surface area is 90.4 Å². The number of fused-ring (bicyclic) bond motifs is 1. The first-order valence-corrected chi connectivity index (χ1v) is 6.40. The molecule has 0 aliphatic heterocycles. The number of hydrogen-bond donors (Lipinski definition) is 0. The maximum Gasteiger partial charge on any atom is 0.00564 e. The lowest BCUT2D eigenvalue weighted by Gasteiger charge is -2.10. The Bertz CT molecular complexity index is 352. The number of allylic oxidation sites excluding steroid dienone is 2. The SMILES string of the molecule is CSC(C)CC1=CCc2ccccc21. The van der Waals surface area contributed by atoms with Crippen molar-refractivity contribution in [3.8, 4) is 0 Å². The smallest absolute Gasteiger partial charge is 0.00564 e. The molecule has 1 heteroatoms. The van der Waals surface area contributed by atoms with E-state index in [1.165, 1.54) is 17.5 Å². The Morgan fingerprint density at radius 2 is 2.14 bits per heavy atom. The van der Waals surface area contributed by atoms with Gasteiger partial charge in [-0.3, -0.25) is 0 Å². The zero-order valence-corrected chi connectivity index (χ0v) is 9.60. The normalized spacial score (nSPS) is 16.3. The molecule has 0 spiro atoms. The quantitative estimate of drug-likeness (QED) is 0.722. The van der Waals surface area contributed by atoms with E-state index in [1.54, 1.807) is 5.57 Å². The average molecular weight is 204 g/mol. The molecule has 14 heavy (non-hydrogen) atoms. The van der Waals surface area contributed by atoms with Gasteiger partial charge in [0.1, 0.15) is 0 Å². The summed E-state index contributed by atoms with van der Waals surface area (Å²) in [6.45, 7) is 2.30. The van der Waals surface area contributed by atoms with Gasteiger partial charge in [0.2, 0.25) is 0 Å². The van der Waals surface area contributed by atoms with Crippen molar-refractivity contribution in [3.05, 3.63) is 41.5 Å². The molecule has 1 unspecified atom stereocenters. The van der Waals surface area contributed by atoms with Gasteiger partial charge < -0.3 is 0 Å². The van der Waals surface area contributed by atoms with Crippen LogP contribution in [0.4, 0.5) is 0 Å². The molecule has 1 aromatic carbocycles. The highest BCUT2D eigenvalue weighted by atomic mass is 32.2. The molecule has 1 atom stereocenters. The molecule has 1 aromatic rings. The van der Waals surface area contributed by atoms with Gasteiger partial charge in [0, 0.05) is 5.25 Å². The predicted octanol–water partition coefficient (Wildman–Crippen LogP) is 3.77. The van der Waals surface area contributed by atoms with Gasteiger partial charge in [-0.25, -0.2) is 0 Å². The molecule has 0 N–H and O–H groups in total. The van der Waals surface area contributed by atoms with Crippen LogP contribution in [0.2, 0.25) is 0 Å². The monoisotopic (exact) mass is 204 g/mol. The van der Waals surface area contributed by atoms with Gasteiger partial charge in [-0.05, 0) is 35.8 Å². The molecule has 0 saturated carbocycles. The summed E-state index contributed by atoms with van der Waals surface area (Å²) in [7, 11) is 0. The van der Waals surface area contributed by atoms with Crippen molar-refractivity contribution in [2.45, 2.75) is 25.0 Å². The molecule has 1 aliphatic rings. The third-order valence-corrected chi connectivity index (χ3v) is 3.81. The average Bonchev–Trinajstić information content (AvgIpc) is 2.62. The highest BCUT2D eigenvalue weighted by Gasteiger charge is 2.14. The fraction of sp³-hybridized carbons (Fsp3) is 0.385. The van der Waals surface area contributed by atoms with Gasteiger partial charge >= 0.3 is 0 Å². The summed E-state index contributed by atoms with van der Waals surface area (Å²) >= 11 is 1.95. The fourth-order valence-electron chi connectivity index (χ4n) is 1.94. The van der Waals surface area contributed by atoms with E-state index >= 15 is 0 Å². The number of hydrogen-bond acceptors (Lipinski definition) is 1. The molecular formula is C13H16S. The van der Waals surface area contributed by atoms with Crippen molar-refractivity contribution in [3.63, 3.8) is 0 Å². The van der Waals surface area contributed by atoms with E-state index in [1.807, 2.05) is 11.8 Å². The third-order valence-electron chi connectivity index (χ3n) is 2.84. The second-order valence-electron chi connectivity index (χ2n) is 3.84. The molecule has 2 rings (SSSR count). The lowest BCUT2D eigenvalue weighted by atomic mass is 10.0. The Morgan fingerprint density at radius 3 is 2.93 bits per heavy atom. The van der Waals surface area contributed by atoms with Crippen LogP contribution >= 0.6 is 11.8 Å². The van der Waals surface area contributed by atoms with E-state index < -0.39 is 0 Å². The van der Waals surface area contributed by atoms with Crippen LogP contribution in [-0.4, -0.2) is 11.5 Å². The summed E-state index contributed by atoms with van der Waals surface area (Å²) in [5.74, 6) is 0.